The van der Waals surface area contributed by atoms with Gasteiger partial charge in [-0.15, -0.1) is 0 Å². The SMILES string of the molecule is CS(=O)(=O)N(c1cccc(-c2ccc(C(N)=O)o2)c1)[C@H]1CN2CCC1CC2. The van der Waals surface area contributed by atoms with Gasteiger partial charge in [0.25, 0.3) is 5.91 Å². The number of piperidine rings is 3. The number of carbonyl (C=O) groups is 1. The molecule has 0 radical (unpaired) electrons. The topological polar surface area (TPSA) is 96.8 Å². The number of amides is 1. The van der Waals surface area contributed by atoms with Crippen LogP contribution in [0.25, 0.3) is 11.3 Å². The monoisotopic (exact) mass is 389 g/mol. The number of rotatable bonds is 5. The van der Waals surface area contributed by atoms with Crippen LogP contribution in [0.5, 0.6) is 0 Å². The Morgan fingerprint density at radius 2 is 1.96 bits per heavy atom. The fourth-order valence-electron chi connectivity index (χ4n) is 4.25. The number of furan rings is 1. The van der Waals surface area contributed by atoms with Crippen LogP contribution in [0, 0.1) is 5.92 Å². The summed E-state index contributed by atoms with van der Waals surface area (Å²) in [5, 5.41) is 0. The molecular formula is C19H23N3O4S. The number of sulfonamides is 1. The van der Waals surface area contributed by atoms with Gasteiger partial charge in [0, 0.05) is 12.1 Å². The lowest BCUT2D eigenvalue weighted by atomic mass is 9.84. The Kier molecular flexibility index (Phi) is 4.47. The van der Waals surface area contributed by atoms with Crippen molar-refractivity contribution >= 4 is 21.6 Å². The average molecular weight is 389 g/mol. The molecule has 3 aliphatic heterocycles. The lowest BCUT2D eigenvalue weighted by molar-refractivity contribution is 0.0915. The van der Waals surface area contributed by atoms with E-state index < -0.39 is 15.9 Å². The normalized spacial score (nSPS) is 24.7. The summed E-state index contributed by atoms with van der Waals surface area (Å²) in [6.07, 6.45) is 3.31. The minimum Gasteiger partial charge on any atom is -0.451 e. The molecule has 3 fully saturated rings. The van der Waals surface area contributed by atoms with Crippen molar-refractivity contribution in [2.24, 2.45) is 11.7 Å². The molecule has 2 bridgehead atoms. The second-order valence-electron chi connectivity index (χ2n) is 7.34. The highest BCUT2D eigenvalue weighted by atomic mass is 32.2. The summed E-state index contributed by atoms with van der Waals surface area (Å²) < 4.78 is 32.4. The number of primary amides is 1. The standard InChI is InChI=1S/C19H23N3O4S/c1-27(24,25)22(16-12-21-9-7-13(16)8-10-21)15-4-2-3-14(11-15)17-5-6-18(26-17)19(20)23/h2-6,11,13,16H,7-10,12H2,1H3,(H2,20,23)/t16-/m0/s1. The van der Waals surface area contributed by atoms with Crippen LogP contribution in [0.1, 0.15) is 23.4 Å². The van der Waals surface area contributed by atoms with Crippen molar-refractivity contribution in [1.82, 2.24) is 4.90 Å². The number of hydrogen-bond donors (Lipinski definition) is 1. The van der Waals surface area contributed by atoms with E-state index in [0.29, 0.717) is 22.9 Å². The van der Waals surface area contributed by atoms with Gasteiger partial charge in [-0.3, -0.25) is 9.10 Å². The molecule has 1 aromatic heterocycles. The maximum atomic E-state index is 12.7. The van der Waals surface area contributed by atoms with Crippen molar-refractivity contribution in [2.75, 3.05) is 30.2 Å². The van der Waals surface area contributed by atoms with E-state index in [1.807, 2.05) is 6.07 Å². The molecule has 0 spiro atoms. The van der Waals surface area contributed by atoms with Gasteiger partial charge in [0.15, 0.2) is 5.76 Å². The third-order valence-electron chi connectivity index (χ3n) is 5.51. The van der Waals surface area contributed by atoms with Gasteiger partial charge >= 0.3 is 0 Å². The summed E-state index contributed by atoms with van der Waals surface area (Å²) in [6, 6.07) is 10.4. The lowest BCUT2D eigenvalue weighted by Crippen LogP contribution is -2.58. The molecule has 2 N–H and O–H groups in total. The molecule has 3 aliphatic rings. The van der Waals surface area contributed by atoms with Crippen molar-refractivity contribution in [3.8, 4) is 11.3 Å². The van der Waals surface area contributed by atoms with Crippen LogP contribution in [0.4, 0.5) is 5.69 Å². The molecule has 1 atom stereocenters. The molecule has 0 unspecified atom stereocenters. The predicted octanol–water partition coefficient (Wildman–Crippen LogP) is 1.91. The van der Waals surface area contributed by atoms with Crippen LogP contribution in [-0.2, 0) is 10.0 Å². The van der Waals surface area contributed by atoms with Crippen molar-refractivity contribution in [2.45, 2.75) is 18.9 Å². The molecule has 1 amide bonds. The molecule has 27 heavy (non-hydrogen) atoms. The molecule has 0 aliphatic carbocycles. The number of hydrogen-bond acceptors (Lipinski definition) is 5. The van der Waals surface area contributed by atoms with E-state index in [0.717, 1.165) is 32.5 Å². The zero-order valence-electron chi connectivity index (χ0n) is 15.2. The first-order valence-corrected chi connectivity index (χ1v) is 10.9. The number of anilines is 1. The highest BCUT2D eigenvalue weighted by Crippen LogP contribution is 2.36. The quantitative estimate of drug-likeness (QED) is 0.842. The summed E-state index contributed by atoms with van der Waals surface area (Å²) in [5.41, 5.74) is 6.57. The van der Waals surface area contributed by atoms with E-state index in [1.54, 1.807) is 28.6 Å². The summed E-state index contributed by atoms with van der Waals surface area (Å²) in [7, 11) is -3.45. The predicted molar refractivity (Wildman–Crippen MR) is 103 cm³/mol. The number of nitrogens with zero attached hydrogens (tertiary/aromatic N) is 2. The first-order chi connectivity index (χ1) is 12.8. The second-order valence-corrected chi connectivity index (χ2v) is 9.20. The maximum absolute atomic E-state index is 12.7. The Labute approximate surface area is 158 Å². The molecule has 144 valence electrons. The molecule has 4 heterocycles. The maximum Gasteiger partial charge on any atom is 0.284 e. The number of benzene rings is 1. The fourth-order valence-corrected chi connectivity index (χ4v) is 5.48. The van der Waals surface area contributed by atoms with Gasteiger partial charge in [-0.1, -0.05) is 12.1 Å². The zero-order valence-corrected chi connectivity index (χ0v) is 16.0. The lowest BCUT2D eigenvalue weighted by Gasteiger charge is -2.48. The number of carbonyl (C=O) groups excluding carboxylic acids is 1. The van der Waals surface area contributed by atoms with Gasteiger partial charge in [-0.2, -0.15) is 0 Å². The first-order valence-electron chi connectivity index (χ1n) is 9.05. The molecular weight excluding hydrogens is 366 g/mol. The van der Waals surface area contributed by atoms with Crippen LogP contribution >= 0.6 is 0 Å². The van der Waals surface area contributed by atoms with Crippen LogP contribution < -0.4 is 10.0 Å². The van der Waals surface area contributed by atoms with E-state index in [1.165, 1.54) is 12.3 Å². The van der Waals surface area contributed by atoms with Crippen molar-refractivity contribution in [3.63, 3.8) is 0 Å². The van der Waals surface area contributed by atoms with E-state index in [4.69, 9.17) is 10.2 Å². The molecule has 8 heteroatoms. The van der Waals surface area contributed by atoms with Crippen LogP contribution in [0.15, 0.2) is 40.8 Å². The van der Waals surface area contributed by atoms with Gasteiger partial charge in [0.1, 0.15) is 5.76 Å². The van der Waals surface area contributed by atoms with E-state index in [2.05, 4.69) is 4.90 Å². The van der Waals surface area contributed by atoms with Crippen molar-refractivity contribution in [3.05, 3.63) is 42.2 Å². The molecule has 1 aromatic carbocycles. The number of fused-ring (bicyclic) bond motifs is 3. The molecule has 7 nitrogen and oxygen atoms in total. The minimum atomic E-state index is -3.45. The smallest absolute Gasteiger partial charge is 0.284 e. The second kappa shape index (κ2) is 6.69. The van der Waals surface area contributed by atoms with Gasteiger partial charge in [-0.25, -0.2) is 8.42 Å². The van der Waals surface area contributed by atoms with Gasteiger partial charge in [0.2, 0.25) is 10.0 Å². The Hall–Kier alpha value is -2.32. The van der Waals surface area contributed by atoms with Crippen molar-refractivity contribution < 1.29 is 17.6 Å². The van der Waals surface area contributed by atoms with Gasteiger partial charge < -0.3 is 15.1 Å². The summed E-state index contributed by atoms with van der Waals surface area (Å²) in [6.45, 7) is 2.84. The summed E-state index contributed by atoms with van der Waals surface area (Å²) >= 11 is 0. The van der Waals surface area contributed by atoms with Crippen LogP contribution in [0.2, 0.25) is 0 Å². The molecule has 5 rings (SSSR count). The van der Waals surface area contributed by atoms with E-state index in [-0.39, 0.29) is 11.8 Å². The third-order valence-corrected chi connectivity index (χ3v) is 6.71. The zero-order chi connectivity index (χ0) is 19.2. The van der Waals surface area contributed by atoms with Crippen LogP contribution in [0.3, 0.4) is 0 Å². The van der Waals surface area contributed by atoms with E-state index >= 15 is 0 Å². The minimum absolute atomic E-state index is 0.0597. The highest BCUT2D eigenvalue weighted by Gasteiger charge is 2.40. The van der Waals surface area contributed by atoms with Gasteiger partial charge in [-0.05, 0) is 56.1 Å². The third kappa shape index (κ3) is 3.46. The summed E-state index contributed by atoms with van der Waals surface area (Å²) in [4.78, 5) is 13.6. The Morgan fingerprint density at radius 3 is 2.52 bits per heavy atom. The largest absolute Gasteiger partial charge is 0.451 e. The molecule has 3 saturated heterocycles. The Morgan fingerprint density at radius 1 is 1.22 bits per heavy atom. The summed E-state index contributed by atoms with van der Waals surface area (Å²) in [5.74, 6) is 0.293. The highest BCUT2D eigenvalue weighted by molar-refractivity contribution is 7.92. The molecule has 2 aromatic rings. The molecule has 0 saturated carbocycles. The first kappa shape index (κ1) is 18.1. The van der Waals surface area contributed by atoms with E-state index in [9.17, 15) is 13.2 Å². The fraction of sp³-hybridized carbons (Fsp3) is 0.421. The average Bonchev–Trinajstić information content (AvgIpc) is 3.13. The van der Waals surface area contributed by atoms with Crippen LogP contribution in [-0.4, -0.2) is 51.2 Å². The Bertz CT molecular complexity index is 961. The number of nitrogens with two attached hydrogens (primary N) is 1. The van der Waals surface area contributed by atoms with Gasteiger partial charge in [0.05, 0.1) is 18.0 Å². The van der Waals surface area contributed by atoms with Crippen molar-refractivity contribution in [1.29, 1.82) is 0 Å². The Balaban J connectivity index is 1.72.